The fraction of sp³-hybridized carbons (Fsp3) is 0.625. The van der Waals surface area contributed by atoms with Gasteiger partial charge in [-0.1, -0.05) is 30.9 Å². The van der Waals surface area contributed by atoms with Gasteiger partial charge in [0.05, 0.1) is 14.2 Å². The second-order valence-corrected chi connectivity index (χ2v) is 5.84. The average Bonchev–Trinajstić information content (AvgIpc) is 2.49. The quantitative estimate of drug-likeness (QED) is 0.860. The van der Waals surface area contributed by atoms with Gasteiger partial charge in [-0.2, -0.15) is 0 Å². The summed E-state index contributed by atoms with van der Waals surface area (Å²) in [6, 6.07) is 3.77. The van der Waals surface area contributed by atoms with Crippen LogP contribution in [0.25, 0.3) is 0 Å². The highest BCUT2D eigenvalue weighted by Crippen LogP contribution is 2.33. The summed E-state index contributed by atoms with van der Waals surface area (Å²) in [5.74, 6) is 2.22. The van der Waals surface area contributed by atoms with Crippen LogP contribution in [0.3, 0.4) is 0 Å². The van der Waals surface area contributed by atoms with Crippen molar-refractivity contribution in [1.82, 2.24) is 5.32 Å². The van der Waals surface area contributed by atoms with Gasteiger partial charge in [0, 0.05) is 17.6 Å². The van der Waals surface area contributed by atoms with Crippen molar-refractivity contribution < 1.29 is 9.47 Å². The van der Waals surface area contributed by atoms with Crippen molar-refractivity contribution in [3.8, 4) is 11.5 Å². The van der Waals surface area contributed by atoms with Gasteiger partial charge < -0.3 is 14.8 Å². The summed E-state index contributed by atoms with van der Waals surface area (Å²) in [6.45, 7) is 1.85. The Morgan fingerprint density at radius 3 is 2.40 bits per heavy atom. The zero-order valence-electron chi connectivity index (χ0n) is 12.4. The first-order valence-electron chi connectivity index (χ1n) is 7.35. The van der Waals surface area contributed by atoms with E-state index >= 15 is 0 Å². The molecule has 0 atom stereocenters. The SMILES string of the molecule is COc1cc(Cl)c(CNCC2CCCCC2)cc1OC. The molecule has 0 aromatic heterocycles. The maximum Gasteiger partial charge on any atom is 0.162 e. The minimum Gasteiger partial charge on any atom is -0.493 e. The lowest BCUT2D eigenvalue weighted by Crippen LogP contribution is -2.24. The van der Waals surface area contributed by atoms with E-state index in [9.17, 15) is 0 Å². The highest BCUT2D eigenvalue weighted by Gasteiger charge is 2.14. The van der Waals surface area contributed by atoms with Crippen LogP contribution >= 0.6 is 11.6 Å². The van der Waals surface area contributed by atoms with Crippen LogP contribution in [0.5, 0.6) is 11.5 Å². The summed E-state index contributed by atoms with van der Waals surface area (Å²) in [6.07, 6.45) is 6.87. The molecule has 1 fully saturated rings. The van der Waals surface area contributed by atoms with Gasteiger partial charge in [-0.15, -0.1) is 0 Å². The number of hydrogen-bond donors (Lipinski definition) is 1. The second-order valence-electron chi connectivity index (χ2n) is 5.43. The Labute approximate surface area is 126 Å². The van der Waals surface area contributed by atoms with E-state index in [1.165, 1.54) is 32.1 Å². The van der Waals surface area contributed by atoms with Crippen LogP contribution in [0, 0.1) is 5.92 Å². The van der Waals surface area contributed by atoms with Crippen molar-refractivity contribution in [2.45, 2.75) is 38.6 Å². The minimum absolute atomic E-state index is 0.675. The Morgan fingerprint density at radius 2 is 1.75 bits per heavy atom. The molecule has 2 rings (SSSR count). The number of rotatable bonds is 6. The number of ether oxygens (including phenoxy) is 2. The highest BCUT2D eigenvalue weighted by atomic mass is 35.5. The number of hydrogen-bond acceptors (Lipinski definition) is 3. The fourth-order valence-corrected chi connectivity index (χ4v) is 3.05. The number of benzene rings is 1. The summed E-state index contributed by atoms with van der Waals surface area (Å²) in [4.78, 5) is 0. The molecule has 1 aliphatic carbocycles. The monoisotopic (exact) mass is 297 g/mol. The van der Waals surface area contributed by atoms with Gasteiger partial charge in [-0.05, 0) is 36.9 Å². The molecule has 1 aliphatic rings. The van der Waals surface area contributed by atoms with E-state index in [1.807, 2.05) is 12.1 Å². The van der Waals surface area contributed by atoms with Gasteiger partial charge in [-0.3, -0.25) is 0 Å². The second kappa shape index (κ2) is 7.75. The van der Waals surface area contributed by atoms with E-state index in [2.05, 4.69) is 5.32 Å². The van der Waals surface area contributed by atoms with E-state index in [4.69, 9.17) is 21.1 Å². The first-order chi connectivity index (χ1) is 9.74. The summed E-state index contributed by atoms with van der Waals surface area (Å²) >= 11 is 6.28. The zero-order valence-corrected chi connectivity index (χ0v) is 13.1. The molecule has 0 amide bonds. The van der Waals surface area contributed by atoms with Crippen LogP contribution in [0.4, 0.5) is 0 Å². The third-order valence-corrected chi connectivity index (χ3v) is 4.38. The van der Waals surface area contributed by atoms with Crippen molar-refractivity contribution in [3.63, 3.8) is 0 Å². The first-order valence-corrected chi connectivity index (χ1v) is 7.73. The van der Waals surface area contributed by atoms with E-state index in [-0.39, 0.29) is 0 Å². The van der Waals surface area contributed by atoms with Gasteiger partial charge in [0.25, 0.3) is 0 Å². The Bertz CT molecular complexity index is 431. The van der Waals surface area contributed by atoms with Gasteiger partial charge in [0.1, 0.15) is 0 Å². The van der Waals surface area contributed by atoms with E-state index < -0.39 is 0 Å². The van der Waals surface area contributed by atoms with Crippen molar-refractivity contribution >= 4 is 11.6 Å². The topological polar surface area (TPSA) is 30.5 Å². The van der Waals surface area contributed by atoms with Crippen LogP contribution in [0.2, 0.25) is 5.02 Å². The van der Waals surface area contributed by atoms with Crippen molar-refractivity contribution in [2.24, 2.45) is 5.92 Å². The Morgan fingerprint density at radius 1 is 1.10 bits per heavy atom. The molecule has 4 heteroatoms. The van der Waals surface area contributed by atoms with Crippen LogP contribution in [-0.2, 0) is 6.54 Å². The average molecular weight is 298 g/mol. The van der Waals surface area contributed by atoms with Gasteiger partial charge in [0.15, 0.2) is 11.5 Å². The summed E-state index contributed by atoms with van der Waals surface area (Å²) in [7, 11) is 3.26. The predicted octanol–water partition coefficient (Wildman–Crippen LogP) is 4.03. The molecule has 112 valence electrons. The fourth-order valence-electron chi connectivity index (χ4n) is 2.83. The van der Waals surface area contributed by atoms with Gasteiger partial charge >= 0.3 is 0 Å². The molecule has 20 heavy (non-hydrogen) atoms. The predicted molar refractivity (Wildman–Crippen MR) is 82.8 cm³/mol. The molecule has 0 bridgehead atoms. The molecule has 0 saturated heterocycles. The molecule has 1 aromatic carbocycles. The van der Waals surface area contributed by atoms with E-state index in [0.717, 1.165) is 35.3 Å². The number of nitrogens with one attached hydrogen (secondary N) is 1. The van der Waals surface area contributed by atoms with Crippen molar-refractivity contribution in [1.29, 1.82) is 0 Å². The molecule has 1 saturated carbocycles. The Hall–Kier alpha value is -0.930. The van der Waals surface area contributed by atoms with Crippen LogP contribution in [0.15, 0.2) is 12.1 Å². The molecule has 0 unspecified atom stereocenters. The molecular weight excluding hydrogens is 274 g/mol. The molecule has 0 aliphatic heterocycles. The molecule has 0 radical (unpaired) electrons. The first kappa shape index (κ1) is 15.5. The highest BCUT2D eigenvalue weighted by molar-refractivity contribution is 6.31. The normalized spacial score (nSPS) is 16.1. The van der Waals surface area contributed by atoms with Crippen LogP contribution in [0.1, 0.15) is 37.7 Å². The Kier molecular flexibility index (Phi) is 5.99. The maximum absolute atomic E-state index is 6.28. The number of methoxy groups -OCH3 is 2. The molecule has 1 aromatic rings. The zero-order chi connectivity index (χ0) is 14.4. The summed E-state index contributed by atoms with van der Waals surface area (Å²) < 4.78 is 10.6. The molecule has 1 N–H and O–H groups in total. The number of halogens is 1. The largest absolute Gasteiger partial charge is 0.493 e. The molecule has 0 spiro atoms. The van der Waals surface area contributed by atoms with Crippen LogP contribution in [-0.4, -0.2) is 20.8 Å². The van der Waals surface area contributed by atoms with E-state index in [1.54, 1.807) is 14.2 Å². The van der Waals surface area contributed by atoms with Gasteiger partial charge in [0.2, 0.25) is 0 Å². The lowest BCUT2D eigenvalue weighted by molar-refractivity contribution is 0.341. The third-order valence-electron chi connectivity index (χ3n) is 4.03. The van der Waals surface area contributed by atoms with Crippen molar-refractivity contribution in [3.05, 3.63) is 22.7 Å². The van der Waals surface area contributed by atoms with Gasteiger partial charge in [-0.25, -0.2) is 0 Å². The Balaban J connectivity index is 1.91. The van der Waals surface area contributed by atoms with Crippen LogP contribution < -0.4 is 14.8 Å². The van der Waals surface area contributed by atoms with E-state index in [0.29, 0.717) is 5.75 Å². The lowest BCUT2D eigenvalue weighted by atomic mass is 9.89. The molecule has 0 heterocycles. The third kappa shape index (κ3) is 4.03. The summed E-state index contributed by atoms with van der Waals surface area (Å²) in [5, 5.41) is 4.24. The minimum atomic E-state index is 0.675. The smallest absolute Gasteiger partial charge is 0.162 e. The molecular formula is C16H24ClNO2. The maximum atomic E-state index is 6.28. The van der Waals surface area contributed by atoms with Crippen molar-refractivity contribution in [2.75, 3.05) is 20.8 Å². The standard InChI is InChI=1S/C16H24ClNO2/c1-19-15-8-13(14(17)9-16(15)20-2)11-18-10-12-6-4-3-5-7-12/h8-9,12,18H,3-7,10-11H2,1-2H3. The lowest BCUT2D eigenvalue weighted by Gasteiger charge is -2.22. The summed E-state index contributed by atoms with van der Waals surface area (Å²) in [5.41, 5.74) is 1.06. The molecule has 3 nitrogen and oxygen atoms in total.